The zero-order valence-corrected chi connectivity index (χ0v) is 8.13. The Bertz CT molecular complexity index is 424. The van der Waals surface area contributed by atoms with Gasteiger partial charge in [0.15, 0.2) is 0 Å². The van der Waals surface area contributed by atoms with E-state index in [1.165, 1.54) is 19.2 Å². The monoisotopic (exact) mass is 210 g/mol. The topological polar surface area (TPSA) is 76.1 Å². The Morgan fingerprint density at radius 1 is 1.64 bits per heavy atom. The van der Waals surface area contributed by atoms with E-state index < -0.39 is 5.97 Å². The van der Waals surface area contributed by atoms with E-state index in [2.05, 4.69) is 4.74 Å². The summed E-state index contributed by atoms with van der Waals surface area (Å²) < 4.78 is 4.48. The first kappa shape index (κ1) is 10.4. The number of nitrogens with two attached hydrogens (primary N) is 1. The number of nitrogen functional groups attached to an aromatic ring is 1. The largest absolute Gasteiger partial charge is 0.465 e. The van der Waals surface area contributed by atoms with Gasteiger partial charge >= 0.3 is 5.97 Å². The number of benzene rings is 1. The summed E-state index contributed by atoms with van der Waals surface area (Å²) in [6.07, 6.45) is 0. The van der Waals surface area contributed by atoms with Gasteiger partial charge in [-0.25, -0.2) is 4.79 Å². The molecule has 0 aromatic heterocycles. The van der Waals surface area contributed by atoms with Gasteiger partial charge < -0.3 is 10.5 Å². The van der Waals surface area contributed by atoms with Crippen molar-refractivity contribution < 1.29 is 9.53 Å². The third kappa shape index (κ3) is 1.78. The molecule has 0 radical (unpaired) electrons. The van der Waals surface area contributed by atoms with Gasteiger partial charge in [0.1, 0.15) is 6.07 Å². The van der Waals surface area contributed by atoms with Crippen LogP contribution < -0.4 is 5.73 Å². The molecule has 72 valence electrons. The number of hydrogen-bond donors (Lipinski definition) is 1. The Labute approximate surface area is 85.8 Å². The molecule has 0 amide bonds. The highest BCUT2D eigenvalue weighted by Gasteiger charge is 2.15. The maximum Gasteiger partial charge on any atom is 0.339 e. The molecule has 1 aromatic rings. The maximum absolute atomic E-state index is 11.2. The van der Waals surface area contributed by atoms with E-state index >= 15 is 0 Å². The molecule has 0 unspecified atom stereocenters. The van der Waals surface area contributed by atoms with E-state index in [0.29, 0.717) is 5.02 Å². The zero-order chi connectivity index (χ0) is 10.7. The van der Waals surface area contributed by atoms with Crippen LogP contribution in [-0.4, -0.2) is 13.1 Å². The van der Waals surface area contributed by atoms with Crippen LogP contribution in [0.25, 0.3) is 0 Å². The van der Waals surface area contributed by atoms with Gasteiger partial charge in [0.05, 0.1) is 23.9 Å². The number of hydrogen-bond acceptors (Lipinski definition) is 4. The van der Waals surface area contributed by atoms with Gasteiger partial charge in [0, 0.05) is 5.02 Å². The SMILES string of the molecule is COC(=O)c1cc(Cl)cc(N)c1C#N. The molecule has 1 rings (SSSR count). The Balaban J connectivity index is 3.41. The summed E-state index contributed by atoms with van der Waals surface area (Å²) in [6.45, 7) is 0. The average molecular weight is 211 g/mol. The van der Waals surface area contributed by atoms with E-state index in [-0.39, 0.29) is 16.8 Å². The van der Waals surface area contributed by atoms with Crippen molar-refractivity contribution in [1.82, 2.24) is 0 Å². The molecule has 0 bridgehead atoms. The summed E-state index contributed by atoms with van der Waals surface area (Å²) >= 11 is 5.68. The Hall–Kier alpha value is -1.73. The maximum atomic E-state index is 11.2. The summed E-state index contributed by atoms with van der Waals surface area (Å²) in [5, 5.41) is 9.05. The number of methoxy groups -OCH3 is 1. The fourth-order valence-electron chi connectivity index (χ4n) is 1.02. The standard InChI is InChI=1S/C9H7ClN2O2/c1-14-9(13)6-2-5(10)3-8(12)7(6)4-11/h2-3H,12H2,1H3. The minimum atomic E-state index is -0.629. The van der Waals surface area contributed by atoms with Gasteiger partial charge in [-0.05, 0) is 12.1 Å². The summed E-state index contributed by atoms with van der Waals surface area (Å²) in [5.74, 6) is -0.629. The van der Waals surface area contributed by atoms with Gasteiger partial charge in [-0.1, -0.05) is 11.6 Å². The van der Waals surface area contributed by atoms with E-state index in [0.717, 1.165) is 0 Å². The van der Waals surface area contributed by atoms with Gasteiger partial charge in [-0.2, -0.15) is 5.26 Å². The minimum Gasteiger partial charge on any atom is -0.465 e. The second-order valence-corrected chi connectivity index (χ2v) is 2.96. The van der Waals surface area contributed by atoms with Crippen LogP contribution in [0.1, 0.15) is 15.9 Å². The van der Waals surface area contributed by atoms with Crippen LogP contribution in [0.2, 0.25) is 5.02 Å². The highest BCUT2D eigenvalue weighted by molar-refractivity contribution is 6.31. The number of anilines is 1. The van der Waals surface area contributed by atoms with Crippen LogP contribution >= 0.6 is 11.6 Å². The van der Waals surface area contributed by atoms with Crippen molar-refractivity contribution in [3.8, 4) is 6.07 Å². The van der Waals surface area contributed by atoms with Crippen molar-refractivity contribution in [1.29, 1.82) is 5.26 Å². The normalized spacial score (nSPS) is 9.21. The zero-order valence-electron chi connectivity index (χ0n) is 7.37. The van der Waals surface area contributed by atoms with Crippen LogP contribution in [0.4, 0.5) is 5.69 Å². The van der Waals surface area contributed by atoms with Crippen molar-refractivity contribution in [2.45, 2.75) is 0 Å². The number of carbonyl (C=O) groups excluding carboxylic acids is 1. The van der Waals surface area contributed by atoms with Crippen molar-refractivity contribution >= 4 is 23.3 Å². The molecule has 0 atom stereocenters. The molecule has 5 heteroatoms. The van der Waals surface area contributed by atoms with Crippen molar-refractivity contribution in [3.63, 3.8) is 0 Å². The molecule has 0 saturated carbocycles. The van der Waals surface area contributed by atoms with Gasteiger partial charge in [0.25, 0.3) is 0 Å². The van der Waals surface area contributed by atoms with Crippen LogP contribution in [-0.2, 0) is 4.74 Å². The van der Waals surface area contributed by atoms with E-state index in [9.17, 15) is 4.79 Å². The number of rotatable bonds is 1. The lowest BCUT2D eigenvalue weighted by atomic mass is 10.1. The number of halogens is 1. The van der Waals surface area contributed by atoms with Gasteiger partial charge in [-0.15, -0.1) is 0 Å². The number of carbonyl (C=O) groups is 1. The van der Waals surface area contributed by atoms with E-state index in [1.54, 1.807) is 0 Å². The average Bonchev–Trinajstić information content (AvgIpc) is 2.15. The van der Waals surface area contributed by atoms with Crippen LogP contribution in [0.15, 0.2) is 12.1 Å². The van der Waals surface area contributed by atoms with Crippen molar-refractivity contribution in [2.75, 3.05) is 12.8 Å². The number of ether oxygens (including phenoxy) is 1. The second kappa shape index (κ2) is 3.99. The fraction of sp³-hybridized carbons (Fsp3) is 0.111. The molecule has 1 aromatic carbocycles. The van der Waals surface area contributed by atoms with Crippen LogP contribution in [0.5, 0.6) is 0 Å². The predicted molar refractivity (Wildman–Crippen MR) is 51.9 cm³/mol. The third-order valence-corrected chi connectivity index (χ3v) is 1.87. The molecular formula is C9H7ClN2O2. The highest BCUT2D eigenvalue weighted by atomic mass is 35.5. The molecule has 4 nitrogen and oxygen atoms in total. The molecule has 0 aliphatic rings. The molecule has 0 fully saturated rings. The second-order valence-electron chi connectivity index (χ2n) is 2.52. The van der Waals surface area contributed by atoms with Gasteiger partial charge in [0.2, 0.25) is 0 Å². The molecule has 0 heterocycles. The van der Waals surface area contributed by atoms with E-state index in [1.807, 2.05) is 6.07 Å². The molecule has 0 saturated heterocycles. The van der Waals surface area contributed by atoms with E-state index in [4.69, 9.17) is 22.6 Å². The van der Waals surface area contributed by atoms with Crippen molar-refractivity contribution in [2.24, 2.45) is 0 Å². The number of esters is 1. The fourth-order valence-corrected chi connectivity index (χ4v) is 1.25. The molecule has 0 spiro atoms. The molecule has 2 N–H and O–H groups in total. The minimum absolute atomic E-state index is 0.0833. The lowest BCUT2D eigenvalue weighted by Gasteiger charge is -2.04. The highest BCUT2D eigenvalue weighted by Crippen LogP contribution is 2.22. The molecule has 0 aliphatic carbocycles. The third-order valence-electron chi connectivity index (χ3n) is 1.65. The Morgan fingerprint density at radius 2 is 2.29 bits per heavy atom. The van der Waals surface area contributed by atoms with Crippen LogP contribution in [0, 0.1) is 11.3 Å². The Kier molecular flexibility index (Phi) is 2.95. The predicted octanol–water partition coefficient (Wildman–Crippen LogP) is 1.58. The summed E-state index contributed by atoms with van der Waals surface area (Å²) in [5.41, 5.74) is 5.85. The summed E-state index contributed by atoms with van der Waals surface area (Å²) in [4.78, 5) is 11.2. The smallest absolute Gasteiger partial charge is 0.339 e. The Morgan fingerprint density at radius 3 is 2.79 bits per heavy atom. The molecular weight excluding hydrogens is 204 g/mol. The lowest BCUT2D eigenvalue weighted by Crippen LogP contribution is -2.06. The number of nitriles is 1. The lowest BCUT2D eigenvalue weighted by molar-refractivity contribution is 0.0600. The first-order valence-electron chi connectivity index (χ1n) is 3.67. The van der Waals surface area contributed by atoms with Crippen LogP contribution in [0.3, 0.4) is 0 Å². The first-order valence-corrected chi connectivity index (χ1v) is 4.05. The van der Waals surface area contributed by atoms with Gasteiger partial charge in [-0.3, -0.25) is 0 Å². The van der Waals surface area contributed by atoms with Crippen molar-refractivity contribution in [3.05, 3.63) is 28.3 Å². The number of nitrogens with zero attached hydrogens (tertiary/aromatic N) is 1. The molecule has 14 heavy (non-hydrogen) atoms. The first-order chi connectivity index (χ1) is 6.60. The summed E-state index contributed by atoms with van der Waals surface area (Å²) in [7, 11) is 1.22. The molecule has 0 aliphatic heterocycles. The summed E-state index contributed by atoms with van der Waals surface area (Å²) in [6, 6.07) is 4.58. The quantitative estimate of drug-likeness (QED) is 0.564.